The van der Waals surface area contributed by atoms with Gasteiger partial charge in [-0.25, -0.2) is 4.98 Å². The quantitative estimate of drug-likeness (QED) is 0.311. The molecule has 0 N–H and O–H groups in total. The van der Waals surface area contributed by atoms with Crippen molar-refractivity contribution in [2.45, 2.75) is 13.0 Å². The summed E-state index contributed by atoms with van der Waals surface area (Å²) in [6.45, 7) is 0.619. The lowest BCUT2D eigenvalue weighted by Crippen LogP contribution is -2.13. The number of rotatable bonds is 8. The van der Waals surface area contributed by atoms with E-state index in [1.54, 1.807) is 12.1 Å². The molecule has 0 aliphatic carbocycles. The molecule has 0 fully saturated rings. The number of ketones is 1. The van der Waals surface area contributed by atoms with Crippen LogP contribution in [0.1, 0.15) is 21.7 Å². The minimum atomic E-state index is -0.218. The van der Waals surface area contributed by atoms with Gasteiger partial charge >= 0.3 is 0 Å². The zero-order valence-corrected chi connectivity index (χ0v) is 19.7. The fraction of sp³-hybridized carbons (Fsp3) is 0.200. The smallest absolute Gasteiger partial charge is 0.228 e. The molecule has 3 aromatic carbocycles. The number of carbonyl (C=O) groups excluding carboxylic acids is 1. The summed E-state index contributed by atoms with van der Waals surface area (Å²) in [5.41, 5.74) is 3.26. The van der Waals surface area contributed by atoms with Crippen molar-refractivity contribution >= 4 is 32.7 Å². The van der Waals surface area contributed by atoms with Crippen LogP contribution in [0.4, 0.5) is 0 Å². The first-order valence-electron chi connectivity index (χ1n) is 10.1. The van der Waals surface area contributed by atoms with Crippen LogP contribution in [-0.2, 0) is 13.0 Å². The molecule has 6 nitrogen and oxygen atoms in total. The first-order valence-corrected chi connectivity index (χ1v) is 10.9. The summed E-state index contributed by atoms with van der Waals surface area (Å²) in [6.07, 6.45) is 0.776. The number of nitrogens with zero attached hydrogens (tertiary/aromatic N) is 2. The summed E-state index contributed by atoms with van der Waals surface area (Å²) in [6, 6.07) is 19.3. The highest BCUT2D eigenvalue weighted by Gasteiger charge is 2.23. The minimum Gasteiger partial charge on any atom is -0.493 e. The van der Waals surface area contributed by atoms with E-state index in [-0.39, 0.29) is 5.78 Å². The van der Waals surface area contributed by atoms with Gasteiger partial charge in [-0.05, 0) is 42.3 Å². The molecule has 0 saturated heterocycles. The number of fused-ring (bicyclic) bond motifs is 1. The molecule has 164 valence electrons. The predicted octanol–water partition coefficient (Wildman–Crippen LogP) is 5.30. The molecule has 32 heavy (non-hydrogen) atoms. The largest absolute Gasteiger partial charge is 0.493 e. The topological polar surface area (TPSA) is 62.6 Å². The number of aryl methyl sites for hydroxylation is 2. The number of hydrogen-bond acceptors (Lipinski definition) is 5. The summed E-state index contributed by atoms with van der Waals surface area (Å²) in [5.74, 6) is 1.43. The second-order valence-corrected chi connectivity index (χ2v) is 8.11. The van der Waals surface area contributed by atoms with Gasteiger partial charge in [0.15, 0.2) is 17.3 Å². The Bertz CT molecular complexity index is 1240. The van der Waals surface area contributed by atoms with Crippen LogP contribution in [-0.4, -0.2) is 36.7 Å². The fourth-order valence-electron chi connectivity index (χ4n) is 3.73. The molecular formula is C25H23BrN2O4. The van der Waals surface area contributed by atoms with Crippen LogP contribution in [0.5, 0.6) is 17.2 Å². The van der Waals surface area contributed by atoms with Gasteiger partial charge in [0.2, 0.25) is 11.5 Å². The zero-order valence-electron chi connectivity index (χ0n) is 18.1. The number of ether oxygens (including phenoxy) is 3. The average molecular weight is 495 g/mol. The van der Waals surface area contributed by atoms with Crippen molar-refractivity contribution in [3.8, 4) is 17.2 Å². The third kappa shape index (κ3) is 4.21. The predicted molar refractivity (Wildman–Crippen MR) is 127 cm³/mol. The van der Waals surface area contributed by atoms with Gasteiger partial charge in [0.25, 0.3) is 0 Å². The van der Waals surface area contributed by atoms with Crippen molar-refractivity contribution in [3.63, 3.8) is 0 Å². The van der Waals surface area contributed by atoms with Crippen LogP contribution in [0, 0.1) is 0 Å². The number of methoxy groups -OCH3 is 3. The Hall–Kier alpha value is -3.32. The Kier molecular flexibility index (Phi) is 6.46. The molecule has 4 aromatic rings. The molecule has 0 aliphatic rings. The summed E-state index contributed by atoms with van der Waals surface area (Å²) >= 11 is 3.50. The van der Waals surface area contributed by atoms with E-state index in [0.29, 0.717) is 35.2 Å². The van der Waals surface area contributed by atoms with E-state index in [1.165, 1.54) is 26.9 Å². The van der Waals surface area contributed by atoms with Crippen LogP contribution in [0.15, 0.2) is 65.1 Å². The van der Waals surface area contributed by atoms with Crippen LogP contribution >= 0.6 is 15.9 Å². The SMILES string of the molecule is COc1cc(C(=O)c2nc3cc(Br)ccc3n2CCc2ccccc2)cc(OC)c1OC. The van der Waals surface area contributed by atoms with Crippen molar-refractivity contribution < 1.29 is 19.0 Å². The molecular weight excluding hydrogens is 472 g/mol. The van der Waals surface area contributed by atoms with Gasteiger partial charge in [0.05, 0.1) is 32.4 Å². The van der Waals surface area contributed by atoms with E-state index in [1.807, 2.05) is 41.0 Å². The van der Waals surface area contributed by atoms with Crippen LogP contribution in [0.25, 0.3) is 11.0 Å². The molecule has 0 aliphatic heterocycles. The molecule has 0 bridgehead atoms. The molecule has 0 radical (unpaired) electrons. The molecule has 1 aromatic heterocycles. The van der Waals surface area contributed by atoms with Gasteiger partial charge in [0, 0.05) is 16.6 Å². The average Bonchev–Trinajstić information content (AvgIpc) is 3.19. The lowest BCUT2D eigenvalue weighted by atomic mass is 10.1. The number of benzene rings is 3. The maximum absolute atomic E-state index is 13.6. The Labute approximate surface area is 194 Å². The van der Waals surface area contributed by atoms with Crippen molar-refractivity contribution in [1.82, 2.24) is 9.55 Å². The highest BCUT2D eigenvalue weighted by atomic mass is 79.9. The van der Waals surface area contributed by atoms with Gasteiger partial charge < -0.3 is 18.8 Å². The first-order chi connectivity index (χ1) is 15.5. The van der Waals surface area contributed by atoms with Crippen LogP contribution in [0.2, 0.25) is 0 Å². The second kappa shape index (κ2) is 9.44. The van der Waals surface area contributed by atoms with E-state index >= 15 is 0 Å². The zero-order chi connectivity index (χ0) is 22.7. The fourth-order valence-corrected chi connectivity index (χ4v) is 4.08. The molecule has 0 atom stereocenters. The first kappa shape index (κ1) is 21.9. The summed E-state index contributed by atoms with van der Waals surface area (Å²) in [4.78, 5) is 18.3. The van der Waals surface area contributed by atoms with Crippen molar-refractivity contribution in [2.24, 2.45) is 0 Å². The summed E-state index contributed by atoms with van der Waals surface area (Å²) in [7, 11) is 4.58. The Balaban J connectivity index is 1.80. The minimum absolute atomic E-state index is 0.218. The molecule has 0 unspecified atom stereocenters. The van der Waals surface area contributed by atoms with Gasteiger partial charge in [0.1, 0.15) is 0 Å². The molecule has 1 heterocycles. The van der Waals surface area contributed by atoms with Crippen molar-refractivity contribution in [2.75, 3.05) is 21.3 Å². The molecule has 4 rings (SSSR count). The third-order valence-electron chi connectivity index (χ3n) is 5.31. The molecule has 0 spiro atoms. The monoisotopic (exact) mass is 494 g/mol. The van der Waals surface area contributed by atoms with E-state index in [2.05, 4.69) is 33.0 Å². The summed E-state index contributed by atoms with van der Waals surface area (Å²) in [5, 5.41) is 0. The lowest BCUT2D eigenvalue weighted by molar-refractivity contribution is 0.102. The van der Waals surface area contributed by atoms with E-state index < -0.39 is 0 Å². The number of halogens is 1. The van der Waals surface area contributed by atoms with E-state index in [9.17, 15) is 4.79 Å². The number of imidazole rings is 1. The summed E-state index contributed by atoms with van der Waals surface area (Å²) < 4.78 is 19.1. The van der Waals surface area contributed by atoms with E-state index in [4.69, 9.17) is 14.2 Å². The van der Waals surface area contributed by atoms with Gasteiger partial charge in [-0.1, -0.05) is 46.3 Å². The molecule has 0 saturated carbocycles. The Morgan fingerprint density at radius 3 is 2.25 bits per heavy atom. The maximum atomic E-state index is 13.6. The van der Waals surface area contributed by atoms with Crippen molar-refractivity contribution in [3.05, 3.63) is 82.1 Å². The van der Waals surface area contributed by atoms with Crippen LogP contribution in [0.3, 0.4) is 0 Å². The van der Waals surface area contributed by atoms with Gasteiger partial charge in [-0.3, -0.25) is 4.79 Å². The number of hydrogen-bond donors (Lipinski definition) is 0. The molecule has 7 heteroatoms. The number of carbonyl (C=O) groups is 1. The number of aromatic nitrogens is 2. The van der Waals surface area contributed by atoms with Crippen LogP contribution < -0.4 is 14.2 Å². The standard InChI is InChI=1S/C25H23BrN2O4/c1-30-21-13-17(14-22(31-2)24(21)32-3)23(29)25-27-19-15-18(26)9-10-20(19)28(25)12-11-16-7-5-4-6-8-16/h4-10,13-15H,11-12H2,1-3H3. The maximum Gasteiger partial charge on any atom is 0.228 e. The van der Waals surface area contributed by atoms with E-state index in [0.717, 1.165) is 21.9 Å². The highest BCUT2D eigenvalue weighted by molar-refractivity contribution is 9.10. The third-order valence-corrected chi connectivity index (χ3v) is 5.80. The highest BCUT2D eigenvalue weighted by Crippen LogP contribution is 2.38. The van der Waals surface area contributed by atoms with Gasteiger partial charge in [-0.15, -0.1) is 0 Å². The second-order valence-electron chi connectivity index (χ2n) is 7.20. The van der Waals surface area contributed by atoms with Gasteiger partial charge in [-0.2, -0.15) is 0 Å². The molecule has 0 amide bonds. The Morgan fingerprint density at radius 2 is 1.62 bits per heavy atom. The van der Waals surface area contributed by atoms with Crippen molar-refractivity contribution in [1.29, 1.82) is 0 Å². The lowest BCUT2D eigenvalue weighted by Gasteiger charge is -2.14. The normalized spacial score (nSPS) is 10.9. The Morgan fingerprint density at radius 1 is 0.938 bits per heavy atom.